The normalized spacial score (nSPS) is 15.4. The van der Waals surface area contributed by atoms with Crippen molar-refractivity contribution in [2.45, 2.75) is 32.2 Å². The number of likely N-dealkylation sites (tertiary alicyclic amines) is 1. The summed E-state index contributed by atoms with van der Waals surface area (Å²) in [7, 11) is 0. The van der Waals surface area contributed by atoms with Crippen LogP contribution in [0.25, 0.3) is 10.4 Å². The minimum Gasteiger partial charge on any atom is -0.491 e. The third-order valence-electron chi connectivity index (χ3n) is 4.62. The summed E-state index contributed by atoms with van der Waals surface area (Å²) in [5, 5.41) is 12.5. The zero-order chi connectivity index (χ0) is 20.4. The van der Waals surface area contributed by atoms with Crippen molar-refractivity contribution in [1.82, 2.24) is 4.90 Å². The summed E-state index contributed by atoms with van der Waals surface area (Å²) in [6.45, 7) is 3.14. The molecule has 1 atom stereocenters. The summed E-state index contributed by atoms with van der Waals surface area (Å²) in [6.07, 6.45) is 1.37. The summed E-state index contributed by atoms with van der Waals surface area (Å²) >= 11 is 0. The maximum Gasteiger partial charge on any atom is 0.309 e. The standard InChI is InChI=1S/C19H26N4O5/c1-2-27-19(26)15-7-9-23(10-8-15)18(25)17(21-22-20)13-14-3-5-16(6-4-14)28-12-11-24/h3-6,15,17,24H,2,7-13H2,1H3/t17-/m0/s1. The predicted molar refractivity (Wildman–Crippen MR) is 102 cm³/mol. The van der Waals surface area contributed by atoms with E-state index in [0.29, 0.717) is 38.3 Å². The zero-order valence-corrected chi connectivity index (χ0v) is 16.0. The van der Waals surface area contributed by atoms with E-state index in [1.165, 1.54) is 0 Å². The Morgan fingerprint density at radius 3 is 2.57 bits per heavy atom. The van der Waals surface area contributed by atoms with Crippen LogP contribution in [-0.2, 0) is 20.7 Å². The number of hydrogen-bond donors (Lipinski definition) is 1. The lowest BCUT2D eigenvalue weighted by atomic mass is 9.96. The molecular weight excluding hydrogens is 364 g/mol. The molecule has 1 N–H and O–H groups in total. The minimum atomic E-state index is -0.839. The number of aliphatic hydroxyl groups is 1. The minimum absolute atomic E-state index is 0.0674. The van der Waals surface area contributed by atoms with Gasteiger partial charge in [0, 0.05) is 18.0 Å². The fraction of sp³-hybridized carbons (Fsp3) is 0.579. The second kappa shape index (κ2) is 11.2. The van der Waals surface area contributed by atoms with Gasteiger partial charge in [0.2, 0.25) is 5.91 Å². The molecule has 0 unspecified atom stereocenters. The molecule has 0 saturated carbocycles. The molecule has 0 aromatic heterocycles. The number of carbonyl (C=O) groups excluding carboxylic acids is 2. The van der Waals surface area contributed by atoms with Gasteiger partial charge >= 0.3 is 5.97 Å². The molecular formula is C19H26N4O5. The number of hydrogen-bond acceptors (Lipinski definition) is 6. The van der Waals surface area contributed by atoms with Crippen LogP contribution >= 0.6 is 0 Å². The third kappa shape index (κ3) is 6.14. The van der Waals surface area contributed by atoms with Gasteiger partial charge in [0.15, 0.2) is 0 Å². The fourth-order valence-corrected chi connectivity index (χ4v) is 3.15. The van der Waals surface area contributed by atoms with Gasteiger partial charge < -0.3 is 19.5 Å². The molecule has 152 valence electrons. The number of carbonyl (C=O) groups is 2. The number of amides is 1. The van der Waals surface area contributed by atoms with Crippen molar-refractivity contribution in [1.29, 1.82) is 0 Å². The third-order valence-corrected chi connectivity index (χ3v) is 4.62. The molecule has 0 radical (unpaired) electrons. The molecule has 2 rings (SSSR count). The van der Waals surface area contributed by atoms with E-state index in [1.807, 2.05) is 0 Å². The fourth-order valence-electron chi connectivity index (χ4n) is 3.15. The highest BCUT2D eigenvalue weighted by Crippen LogP contribution is 2.21. The molecule has 0 spiro atoms. The van der Waals surface area contributed by atoms with E-state index >= 15 is 0 Å². The van der Waals surface area contributed by atoms with Gasteiger partial charge in [-0.15, -0.1) is 0 Å². The Hall–Kier alpha value is -2.77. The van der Waals surface area contributed by atoms with Crippen LogP contribution in [0.15, 0.2) is 29.4 Å². The van der Waals surface area contributed by atoms with Crippen LogP contribution in [0.4, 0.5) is 0 Å². The molecule has 1 fully saturated rings. The number of benzene rings is 1. The van der Waals surface area contributed by atoms with E-state index in [4.69, 9.17) is 20.1 Å². The SMILES string of the molecule is CCOC(=O)C1CCN(C(=O)[C@H](Cc2ccc(OCCO)cc2)N=[N+]=[N-])CC1. The topological polar surface area (TPSA) is 125 Å². The van der Waals surface area contributed by atoms with Crippen molar-refractivity contribution in [3.63, 3.8) is 0 Å². The molecule has 1 heterocycles. The maximum atomic E-state index is 12.8. The molecule has 1 aliphatic heterocycles. The first-order chi connectivity index (χ1) is 13.6. The quantitative estimate of drug-likeness (QED) is 0.299. The Kier molecular flexibility index (Phi) is 8.58. The largest absolute Gasteiger partial charge is 0.491 e. The van der Waals surface area contributed by atoms with Crippen LogP contribution in [-0.4, -0.2) is 60.8 Å². The van der Waals surface area contributed by atoms with Crippen LogP contribution in [0.5, 0.6) is 5.75 Å². The number of azide groups is 1. The molecule has 1 amide bonds. The van der Waals surface area contributed by atoms with Gasteiger partial charge in [-0.3, -0.25) is 9.59 Å². The smallest absolute Gasteiger partial charge is 0.309 e. The first-order valence-corrected chi connectivity index (χ1v) is 9.41. The Morgan fingerprint density at radius 1 is 1.32 bits per heavy atom. The van der Waals surface area contributed by atoms with Gasteiger partial charge in [-0.2, -0.15) is 0 Å². The van der Waals surface area contributed by atoms with E-state index in [9.17, 15) is 9.59 Å². The van der Waals surface area contributed by atoms with Gasteiger partial charge in [-0.25, -0.2) is 0 Å². The second-order valence-electron chi connectivity index (χ2n) is 6.49. The lowest BCUT2D eigenvalue weighted by Crippen LogP contribution is -2.45. The van der Waals surface area contributed by atoms with Crippen LogP contribution in [0.3, 0.4) is 0 Å². The highest BCUT2D eigenvalue weighted by molar-refractivity contribution is 5.83. The lowest BCUT2D eigenvalue weighted by molar-refractivity contribution is -0.151. The van der Waals surface area contributed by atoms with Crippen molar-refractivity contribution in [2.75, 3.05) is 32.9 Å². The zero-order valence-electron chi connectivity index (χ0n) is 16.0. The second-order valence-corrected chi connectivity index (χ2v) is 6.49. The number of aliphatic hydroxyl groups excluding tert-OH is 1. The number of ether oxygens (including phenoxy) is 2. The summed E-state index contributed by atoms with van der Waals surface area (Å²) in [4.78, 5) is 29.1. The van der Waals surface area contributed by atoms with Gasteiger partial charge in [0.1, 0.15) is 18.4 Å². The van der Waals surface area contributed by atoms with E-state index in [0.717, 1.165) is 5.56 Å². The van der Waals surface area contributed by atoms with E-state index < -0.39 is 6.04 Å². The average Bonchev–Trinajstić information content (AvgIpc) is 2.72. The van der Waals surface area contributed by atoms with Crippen molar-refractivity contribution in [2.24, 2.45) is 11.0 Å². The average molecular weight is 390 g/mol. The highest BCUT2D eigenvalue weighted by Gasteiger charge is 2.31. The van der Waals surface area contributed by atoms with E-state index in [2.05, 4.69) is 10.0 Å². The first kappa shape index (κ1) is 21.5. The number of rotatable bonds is 9. The van der Waals surface area contributed by atoms with Gasteiger partial charge in [-0.05, 0) is 49.4 Å². The number of piperidine rings is 1. The van der Waals surface area contributed by atoms with Crippen molar-refractivity contribution in [3.8, 4) is 5.75 Å². The Balaban J connectivity index is 1.95. The van der Waals surface area contributed by atoms with Crippen LogP contribution in [0.1, 0.15) is 25.3 Å². The molecule has 1 aromatic carbocycles. The molecule has 1 aliphatic rings. The highest BCUT2D eigenvalue weighted by atomic mass is 16.5. The van der Waals surface area contributed by atoms with E-state index in [-0.39, 0.29) is 37.4 Å². The monoisotopic (exact) mass is 390 g/mol. The first-order valence-electron chi connectivity index (χ1n) is 9.41. The van der Waals surface area contributed by atoms with Crippen molar-refractivity contribution < 1.29 is 24.2 Å². The molecule has 0 aliphatic carbocycles. The number of esters is 1. The van der Waals surface area contributed by atoms with E-state index in [1.54, 1.807) is 36.1 Å². The molecule has 9 heteroatoms. The van der Waals surface area contributed by atoms with Crippen LogP contribution in [0.2, 0.25) is 0 Å². The Morgan fingerprint density at radius 2 is 2.00 bits per heavy atom. The molecule has 9 nitrogen and oxygen atoms in total. The van der Waals surface area contributed by atoms with Crippen molar-refractivity contribution >= 4 is 11.9 Å². The Bertz CT molecular complexity index is 695. The van der Waals surface area contributed by atoms with Gasteiger partial charge in [0.25, 0.3) is 0 Å². The predicted octanol–water partition coefficient (Wildman–Crippen LogP) is 2.08. The Labute approximate surface area is 163 Å². The number of nitrogens with zero attached hydrogens (tertiary/aromatic N) is 4. The summed E-state index contributed by atoms with van der Waals surface area (Å²) < 4.78 is 10.4. The van der Waals surface area contributed by atoms with Crippen LogP contribution in [0, 0.1) is 5.92 Å². The molecule has 28 heavy (non-hydrogen) atoms. The van der Waals surface area contributed by atoms with Crippen molar-refractivity contribution in [3.05, 3.63) is 40.3 Å². The summed E-state index contributed by atoms with van der Waals surface area (Å²) in [5.74, 6) is -0.0238. The molecule has 1 saturated heterocycles. The summed E-state index contributed by atoms with van der Waals surface area (Å²) in [6, 6.07) is 6.24. The van der Waals surface area contributed by atoms with Gasteiger partial charge in [0.05, 0.1) is 19.1 Å². The molecule has 1 aromatic rings. The molecule has 0 bridgehead atoms. The van der Waals surface area contributed by atoms with Crippen LogP contribution < -0.4 is 4.74 Å². The summed E-state index contributed by atoms with van der Waals surface area (Å²) in [5.41, 5.74) is 9.70. The lowest BCUT2D eigenvalue weighted by Gasteiger charge is -2.32. The maximum absolute atomic E-state index is 12.8. The van der Waals surface area contributed by atoms with Gasteiger partial charge in [-0.1, -0.05) is 17.2 Å².